The molecular weight excluding hydrogens is 366 g/mol. The van der Waals surface area contributed by atoms with Crippen molar-refractivity contribution in [2.24, 2.45) is 14.1 Å². The van der Waals surface area contributed by atoms with Crippen LogP contribution in [-0.4, -0.2) is 29.3 Å². The lowest BCUT2D eigenvalue weighted by Gasteiger charge is -2.19. The third-order valence-electron chi connectivity index (χ3n) is 4.98. The third-order valence-corrected chi connectivity index (χ3v) is 4.98. The minimum Gasteiger partial charge on any atom is -0.368 e. The van der Waals surface area contributed by atoms with Crippen molar-refractivity contribution in [2.45, 2.75) is 19.9 Å². The summed E-state index contributed by atoms with van der Waals surface area (Å²) in [6, 6.07) is 7.95. The third kappa shape index (κ3) is 3.14. The normalized spacial score (nSPS) is 12.1. The Labute approximate surface area is 167 Å². The Morgan fingerprint density at radius 3 is 2.69 bits per heavy atom. The maximum atomic E-state index is 9.52. The van der Waals surface area contributed by atoms with Crippen LogP contribution >= 0.6 is 0 Å². The number of nitrogen functional groups attached to an aromatic ring is 1. The molecule has 3 N–H and O–H groups in total. The van der Waals surface area contributed by atoms with Gasteiger partial charge in [0.2, 0.25) is 5.95 Å². The summed E-state index contributed by atoms with van der Waals surface area (Å²) in [5, 5.41) is 17.1. The minimum atomic E-state index is -0.245. The number of aromatic nitrogens is 6. The van der Waals surface area contributed by atoms with Crippen LogP contribution in [0.25, 0.3) is 22.3 Å². The standard InChI is InChI=1S/C20H21N9/c1-11-14(10-21)19(27-20(22)25-11)24-12(2)18-13(16-5-7-23-29(16)4)9-17-15(26-18)6-8-28(17)3/h5-9,12H,1-4H3,(H3,22,24,25,27). The van der Waals surface area contributed by atoms with Crippen molar-refractivity contribution in [2.75, 3.05) is 11.1 Å². The topological polar surface area (TPSA) is 123 Å². The molecule has 0 radical (unpaired) electrons. The lowest BCUT2D eigenvalue weighted by atomic mass is 10.0. The van der Waals surface area contributed by atoms with Crippen molar-refractivity contribution in [3.63, 3.8) is 0 Å². The van der Waals surface area contributed by atoms with Crippen molar-refractivity contribution < 1.29 is 0 Å². The molecule has 0 aliphatic rings. The highest BCUT2D eigenvalue weighted by molar-refractivity contribution is 5.82. The van der Waals surface area contributed by atoms with Gasteiger partial charge in [-0.05, 0) is 32.0 Å². The first kappa shape index (κ1) is 18.4. The van der Waals surface area contributed by atoms with E-state index in [1.807, 2.05) is 48.6 Å². The summed E-state index contributed by atoms with van der Waals surface area (Å²) in [6.45, 7) is 3.72. The lowest BCUT2D eigenvalue weighted by molar-refractivity contribution is 0.769. The number of rotatable bonds is 4. The van der Waals surface area contributed by atoms with Gasteiger partial charge in [-0.15, -0.1) is 0 Å². The monoisotopic (exact) mass is 387 g/mol. The summed E-state index contributed by atoms with van der Waals surface area (Å²) in [5.41, 5.74) is 11.3. The molecule has 0 aliphatic heterocycles. The number of nitrogens with zero attached hydrogens (tertiary/aromatic N) is 7. The molecule has 4 aromatic heterocycles. The summed E-state index contributed by atoms with van der Waals surface area (Å²) in [5.74, 6) is 0.519. The number of anilines is 2. The molecule has 0 fully saturated rings. The summed E-state index contributed by atoms with van der Waals surface area (Å²) >= 11 is 0. The van der Waals surface area contributed by atoms with Crippen LogP contribution in [0.3, 0.4) is 0 Å². The van der Waals surface area contributed by atoms with E-state index in [4.69, 9.17) is 10.7 Å². The van der Waals surface area contributed by atoms with Crippen molar-refractivity contribution in [1.29, 1.82) is 5.26 Å². The molecule has 0 spiro atoms. The Bertz CT molecular complexity index is 1260. The van der Waals surface area contributed by atoms with E-state index >= 15 is 0 Å². The quantitative estimate of drug-likeness (QED) is 0.552. The van der Waals surface area contributed by atoms with E-state index in [1.54, 1.807) is 13.1 Å². The molecule has 4 aromatic rings. The molecule has 4 rings (SSSR count). The Morgan fingerprint density at radius 1 is 1.21 bits per heavy atom. The number of nitrogens with one attached hydrogen (secondary N) is 1. The molecule has 29 heavy (non-hydrogen) atoms. The van der Waals surface area contributed by atoms with Crippen molar-refractivity contribution in [3.05, 3.63) is 47.5 Å². The van der Waals surface area contributed by atoms with Gasteiger partial charge in [-0.3, -0.25) is 4.68 Å². The predicted octanol–water partition coefficient (Wildman–Crippen LogP) is 2.70. The fourth-order valence-electron chi connectivity index (χ4n) is 3.48. The van der Waals surface area contributed by atoms with Gasteiger partial charge in [0, 0.05) is 32.1 Å². The maximum absolute atomic E-state index is 9.52. The lowest BCUT2D eigenvalue weighted by Crippen LogP contribution is -2.15. The number of hydrogen-bond donors (Lipinski definition) is 2. The molecule has 0 bridgehead atoms. The molecule has 0 aromatic carbocycles. The Kier molecular flexibility index (Phi) is 4.39. The summed E-state index contributed by atoms with van der Waals surface area (Å²) in [4.78, 5) is 13.2. The molecule has 0 saturated carbocycles. The molecule has 146 valence electrons. The molecule has 0 amide bonds. The van der Waals surface area contributed by atoms with Gasteiger partial charge in [-0.1, -0.05) is 0 Å². The second kappa shape index (κ2) is 6.91. The number of hydrogen-bond acceptors (Lipinski definition) is 7. The molecule has 0 saturated heterocycles. The van der Waals surface area contributed by atoms with E-state index in [9.17, 15) is 5.26 Å². The molecule has 9 heteroatoms. The van der Waals surface area contributed by atoms with Gasteiger partial charge in [0.1, 0.15) is 17.5 Å². The van der Waals surface area contributed by atoms with Crippen LogP contribution in [-0.2, 0) is 14.1 Å². The van der Waals surface area contributed by atoms with Gasteiger partial charge in [-0.25, -0.2) is 9.97 Å². The Morgan fingerprint density at radius 2 is 2.00 bits per heavy atom. The number of pyridine rings is 1. The maximum Gasteiger partial charge on any atom is 0.222 e. The average molecular weight is 387 g/mol. The van der Waals surface area contributed by atoms with Gasteiger partial charge in [-0.2, -0.15) is 15.3 Å². The van der Waals surface area contributed by atoms with E-state index in [1.165, 1.54) is 0 Å². The second-order valence-corrected chi connectivity index (χ2v) is 6.96. The largest absolute Gasteiger partial charge is 0.368 e. The van der Waals surface area contributed by atoms with Crippen LogP contribution in [0.1, 0.15) is 29.9 Å². The van der Waals surface area contributed by atoms with Crippen LogP contribution in [0.5, 0.6) is 0 Å². The smallest absolute Gasteiger partial charge is 0.222 e. The van der Waals surface area contributed by atoms with Crippen molar-refractivity contribution in [3.8, 4) is 17.3 Å². The SMILES string of the molecule is Cc1nc(N)nc(NC(C)c2nc3ccn(C)c3cc2-c2ccnn2C)c1C#N. The second-order valence-electron chi connectivity index (χ2n) is 6.96. The van der Waals surface area contributed by atoms with Crippen molar-refractivity contribution >= 4 is 22.8 Å². The summed E-state index contributed by atoms with van der Waals surface area (Å²) in [7, 11) is 3.89. The minimum absolute atomic E-state index is 0.120. The van der Waals surface area contributed by atoms with Crippen LogP contribution in [0.4, 0.5) is 11.8 Å². The van der Waals surface area contributed by atoms with E-state index in [-0.39, 0.29) is 12.0 Å². The molecule has 9 nitrogen and oxygen atoms in total. The Balaban J connectivity index is 1.85. The molecule has 1 atom stereocenters. The van der Waals surface area contributed by atoms with Gasteiger partial charge < -0.3 is 15.6 Å². The number of nitrogens with two attached hydrogens (primary N) is 1. The van der Waals surface area contributed by atoms with Gasteiger partial charge in [0.15, 0.2) is 0 Å². The van der Waals surface area contributed by atoms with E-state index < -0.39 is 0 Å². The Hall–Kier alpha value is -3.93. The summed E-state index contributed by atoms with van der Waals surface area (Å²) in [6.07, 6.45) is 3.74. The van der Waals surface area contributed by atoms with E-state index in [2.05, 4.69) is 32.5 Å². The first-order valence-electron chi connectivity index (χ1n) is 9.14. The van der Waals surface area contributed by atoms with Gasteiger partial charge in [0.05, 0.1) is 34.2 Å². The first-order chi connectivity index (χ1) is 13.9. The summed E-state index contributed by atoms with van der Waals surface area (Å²) < 4.78 is 3.85. The highest BCUT2D eigenvalue weighted by Crippen LogP contribution is 2.32. The van der Waals surface area contributed by atoms with E-state index in [0.717, 1.165) is 28.0 Å². The van der Waals surface area contributed by atoms with Crippen LogP contribution in [0.15, 0.2) is 30.6 Å². The van der Waals surface area contributed by atoms with Crippen molar-refractivity contribution in [1.82, 2.24) is 29.3 Å². The molecular formula is C20H21N9. The highest BCUT2D eigenvalue weighted by atomic mass is 15.3. The van der Waals surface area contributed by atoms with E-state index in [0.29, 0.717) is 17.1 Å². The fourth-order valence-corrected chi connectivity index (χ4v) is 3.48. The molecule has 1 unspecified atom stereocenters. The zero-order valence-corrected chi connectivity index (χ0v) is 16.7. The fraction of sp³-hybridized carbons (Fsp3) is 0.250. The number of aryl methyl sites for hydroxylation is 3. The highest BCUT2D eigenvalue weighted by Gasteiger charge is 2.20. The van der Waals surface area contributed by atoms with Crippen LogP contribution in [0.2, 0.25) is 0 Å². The van der Waals surface area contributed by atoms with Gasteiger partial charge >= 0.3 is 0 Å². The zero-order valence-electron chi connectivity index (χ0n) is 16.7. The molecule has 0 aliphatic carbocycles. The number of fused-ring (bicyclic) bond motifs is 1. The predicted molar refractivity (Wildman–Crippen MR) is 111 cm³/mol. The van der Waals surface area contributed by atoms with Gasteiger partial charge in [0.25, 0.3) is 0 Å². The first-order valence-corrected chi connectivity index (χ1v) is 9.14. The zero-order chi connectivity index (χ0) is 20.7. The average Bonchev–Trinajstić information content (AvgIpc) is 3.26. The number of nitriles is 1. The van der Waals surface area contributed by atoms with Crippen LogP contribution < -0.4 is 11.1 Å². The molecule has 4 heterocycles. The van der Waals surface area contributed by atoms with Crippen LogP contribution in [0, 0.1) is 18.3 Å².